The number of aliphatic hydroxyl groups is 1. The number of hydrogen-bond donors (Lipinski definition) is 1. The van der Waals surface area contributed by atoms with Crippen LogP contribution in [0, 0.1) is 10.1 Å². The molecule has 48 valence electrons. The van der Waals surface area contributed by atoms with E-state index in [2.05, 4.69) is 4.84 Å². The second kappa shape index (κ2) is 1.95. The molecule has 0 unspecified atom stereocenters. The van der Waals surface area contributed by atoms with Crippen LogP contribution in [0.4, 0.5) is 0 Å². The van der Waals surface area contributed by atoms with Gasteiger partial charge in [-0.05, 0) is 13.8 Å². The highest BCUT2D eigenvalue weighted by Crippen LogP contribution is 2.01. The van der Waals surface area contributed by atoms with Gasteiger partial charge in [-0.15, -0.1) is 10.1 Å². The maximum absolute atomic E-state index is 9.44. The fourth-order valence-corrected chi connectivity index (χ4v) is 0.182. The van der Waals surface area contributed by atoms with Crippen LogP contribution in [-0.2, 0) is 4.84 Å². The Morgan fingerprint density at radius 1 is 1.75 bits per heavy atom. The van der Waals surface area contributed by atoms with Crippen LogP contribution >= 0.6 is 0 Å². The van der Waals surface area contributed by atoms with Crippen molar-refractivity contribution in [3.63, 3.8) is 0 Å². The molecule has 0 amide bonds. The molecule has 0 atom stereocenters. The molecule has 0 aliphatic rings. The van der Waals surface area contributed by atoms with Crippen LogP contribution in [-0.4, -0.2) is 16.0 Å². The fraction of sp³-hybridized carbons (Fsp3) is 1.00. The summed E-state index contributed by atoms with van der Waals surface area (Å²) in [4.78, 5) is 13.2. The zero-order chi connectivity index (χ0) is 6.78. The van der Waals surface area contributed by atoms with E-state index < -0.39 is 10.9 Å². The maximum atomic E-state index is 9.44. The lowest BCUT2D eigenvalue weighted by Gasteiger charge is -2.12. The van der Waals surface area contributed by atoms with Gasteiger partial charge in [0.2, 0.25) is 5.79 Å². The Morgan fingerprint density at radius 3 is 2.12 bits per heavy atom. The molecule has 0 saturated carbocycles. The van der Waals surface area contributed by atoms with Crippen LogP contribution in [0.15, 0.2) is 0 Å². The third-order valence-electron chi connectivity index (χ3n) is 0.298. The highest BCUT2D eigenvalue weighted by molar-refractivity contribution is 4.40. The second-order valence-corrected chi connectivity index (χ2v) is 1.76. The van der Waals surface area contributed by atoms with Gasteiger partial charge < -0.3 is 5.11 Å². The molecule has 8 heavy (non-hydrogen) atoms. The standard InChI is InChI=1S/C3H7NO4/c1-3(2,5)8-4(6)7/h5H,1-2H3. The van der Waals surface area contributed by atoms with E-state index >= 15 is 0 Å². The van der Waals surface area contributed by atoms with Crippen molar-refractivity contribution in [3.8, 4) is 0 Å². The Bertz CT molecular complexity index is 93.9. The molecule has 0 aromatic carbocycles. The van der Waals surface area contributed by atoms with Crippen molar-refractivity contribution in [2.75, 3.05) is 0 Å². The molecule has 0 radical (unpaired) electrons. The average molecular weight is 121 g/mol. The van der Waals surface area contributed by atoms with Gasteiger partial charge in [-0.2, -0.15) is 0 Å². The summed E-state index contributed by atoms with van der Waals surface area (Å²) < 4.78 is 0. The van der Waals surface area contributed by atoms with Gasteiger partial charge in [0.1, 0.15) is 0 Å². The smallest absolute Gasteiger partial charge is 0.297 e. The Balaban J connectivity index is 3.55. The lowest BCUT2D eigenvalue weighted by molar-refractivity contribution is -0.792. The van der Waals surface area contributed by atoms with Crippen molar-refractivity contribution in [2.45, 2.75) is 19.6 Å². The molecule has 0 bridgehead atoms. The van der Waals surface area contributed by atoms with Gasteiger partial charge in [0, 0.05) is 0 Å². The minimum absolute atomic E-state index is 1.04. The molecule has 5 nitrogen and oxygen atoms in total. The minimum atomic E-state index is -1.68. The highest BCUT2D eigenvalue weighted by Gasteiger charge is 2.16. The summed E-state index contributed by atoms with van der Waals surface area (Å²) in [5.74, 6) is -1.68. The summed E-state index contributed by atoms with van der Waals surface area (Å²) in [6.07, 6.45) is 0. The quantitative estimate of drug-likeness (QED) is 0.315. The van der Waals surface area contributed by atoms with Gasteiger partial charge in [0.25, 0.3) is 5.09 Å². The average Bonchev–Trinajstić information content (AvgIpc) is 1.21. The lowest BCUT2D eigenvalue weighted by atomic mass is 10.4. The molecule has 0 saturated heterocycles. The van der Waals surface area contributed by atoms with Gasteiger partial charge in [0.05, 0.1) is 0 Å². The van der Waals surface area contributed by atoms with Gasteiger partial charge in [-0.3, -0.25) is 4.84 Å². The largest absolute Gasteiger partial charge is 0.366 e. The predicted octanol–water partition coefficient (Wildman–Crippen LogP) is -0.0769. The summed E-state index contributed by atoms with van der Waals surface area (Å²) in [6.45, 7) is 2.35. The molecule has 0 rings (SSSR count). The van der Waals surface area contributed by atoms with Crippen molar-refractivity contribution in [2.24, 2.45) is 0 Å². The van der Waals surface area contributed by atoms with Crippen molar-refractivity contribution in [1.29, 1.82) is 0 Å². The molecule has 0 spiro atoms. The van der Waals surface area contributed by atoms with Crippen molar-refractivity contribution >= 4 is 0 Å². The summed E-state index contributed by atoms with van der Waals surface area (Å²) >= 11 is 0. The zero-order valence-corrected chi connectivity index (χ0v) is 4.62. The fourth-order valence-electron chi connectivity index (χ4n) is 0.182. The molecule has 5 heteroatoms. The first-order valence-corrected chi connectivity index (χ1v) is 1.98. The second-order valence-electron chi connectivity index (χ2n) is 1.76. The van der Waals surface area contributed by atoms with E-state index in [1.807, 2.05) is 0 Å². The monoisotopic (exact) mass is 121 g/mol. The van der Waals surface area contributed by atoms with Gasteiger partial charge >= 0.3 is 0 Å². The highest BCUT2D eigenvalue weighted by atomic mass is 17.0. The Morgan fingerprint density at radius 2 is 2.12 bits per heavy atom. The molecule has 0 aromatic heterocycles. The lowest BCUT2D eigenvalue weighted by Crippen LogP contribution is -2.26. The van der Waals surface area contributed by atoms with Crippen molar-refractivity contribution in [3.05, 3.63) is 10.1 Å². The first-order chi connectivity index (χ1) is 3.42. The number of hydrogen-bond acceptors (Lipinski definition) is 4. The normalized spacial score (nSPS) is 10.9. The van der Waals surface area contributed by atoms with Crippen LogP contribution < -0.4 is 0 Å². The van der Waals surface area contributed by atoms with Crippen LogP contribution in [0.2, 0.25) is 0 Å². The summed E-state index contributed by atoms with van der Waals surface area (Å²) in [5, 5.41) is 16.9. The topological polar surface area (TPSA) is 72.6 Å². The van der Waals surface area contributed by atoms with E-state index in [4.69, 9.17) is 5.11 Å². The summed E-state index contributed by atoms with van der Waals surface area (Å²) in [5.41, 5.74) is 0. The molecule has 0 fully saturated rings. The Labute approximate surface area is 46.0 Å². The van der Waals surface area contributed by atoms with Crippen LogP contribution in [0.3, 0.4) is 0 Å². The molecule has 0 aliphatic carbocycles. The maximum Gasteiger partial charge on any atom is 0.297 e. The first-order valence-electron chi connectivity index (χ1n) is 1.98. The Kier molecular flexibility index (Phi) is 1.75. The van der Waals surface area contributed by atoms with Gasteiger partial charge in [-0.1, -0.05) is 0 Å². The number of rotatable bonds is 2. The molecule has 0 heterocycles. The van der Waals surface area contributed by atoms with Gasteiger partial charge in [0.15, 0.2) is 0 Å². The van der Waals surface area contributed by atoms with Crippen LogP contribution in [0.5, 0.6) is 0 Å². The molecule has 0 aliphatic heterocycles. The molecular weight excluding hydrogens is 114 g/mol. The van der Waals surface area contributed by atoms with Crippen LogP contribution in [0.25, 0.3) is 0 Å². The van der Waals surface area contributed by atoms with Crippen molar-refractivity contribution in [1.82, 2.24) is 0 Å². The molecular formula is C3H7NO4. The SMILES string of the molecule is CC(C)(O)O[N+](=O)[O-]. The molecule has 0 aromatic rings. The Hall–Kier alpha value is -0.840. The van der Waals surface area contributed by atoms with E-state index in [1.54, 1.807) is 0 Å². The van der Waals surface area contributed by atoms with Crippen molar-refractivity contribution < 1.29 is 15.0 Å². The minimum Gasteiger partial charge on any atom is -0.366 e. The van der Waals surface area contributed by atoms with E-state index in [0.29, 0.717) is 0 Å². The first kappa shape index (κ1) is 7.16. The summed E-state index contributed by atoms with van der Waals surface area (Å²) in [7, 11) is 0. The number of nitrogens with zero attached hydrogens (tertiary/aromatic N) is 1. The predicted molar refractivity (Wildman–Crippen MR) is 24.4 cm³/mol. The van der Waals surface area contributed by atoms with Crippen LogP contribution in [0.1, 0.15) is 13.8 Å². The van der Waals surface area contributed by atoms with E-state index in [0.717, 1.165) is 0 Å². The zero-order valence-electron chi connectivity index (χ0n) is 4.62. The third kappa shape index (κ3) is 5.16. The van der Waals surface area contributed by atoms with E-state index in [-0.39, 0.29) is 0 Å². The van der Waals surface area contributed by atoms with Gasteiger partial charge in [-0.25, -0.2) is 0 Å². The molecule has 1 N–H and O–H groups in total. The van der Waals surface area contributed by atoms with E-state index in [9.17, 15) is 10.1 Å². The van der Waals surface area contributed by atoms with E-state index in [1.165, 1.54) is 13.8 Å². The third-order valence-corrected chi connectivity index (χ3v) is 0.298. The summed E-state index contributed by atoms with van der Waals surface area (Å²) in [6, 6.07) is 0.